The zero-order valence-corrected chi connectivity index (χ0v) is 20.5. The van der Waals surface area contributed by atoms with E-state index in [1.54, 1.807) is 12.5 Å². The number of hydrogen-bond acceptors (Lipinski definition) is 3. The molecule has 0 atom stereocenters. The van der Waals surface area contributed by atoms with E-state index in [1.807, 2.05) is 64.3 Å². The van der Waals surface area contributed by atoms with Crippen molar-refractivity contribution >= 4 is 22.7 Å². The number of nitrogens with zero attached hydrogens (tertiary/aromatic N) is 3. The molecule has 2 aromatic heterocycles. The van der Waals surface area contributed by atoms with Gasteiger partial charge in [-0.25, -0.2) is 4.98 Å². The van der Waals surface area contributed by atoms with Crippen LogP contribution in [0.5, 0.6) is 0 Å². The molecular formula is C29H33N5O2. The number of hydrogen-bond donors (Lipinski definition) is 2. The van der Waals surface area contributed by atoms with Crippen molar-refractivity contribution in [2.45, 2.75) is 50.6 Å². The summed E-state index contributed by atoms with van der Waals surface area (Å²) in [6.07, 6.45) is 12.2. The van der Waals surface area contributed by atoms with Crippen molar-refractivity contribution in [3.05, 3.63) is 90.6 Å². The first-order valence-corrected chi connectivity index (χ1v) is 12.8. The number of carbonyl (C=O) groups is 2. The molecule has 7 heteroatoms. The van der Waals surface area contributed by atoms with Crippen LogP contribution in [-0.2, 0) is 17.8 Å². The number of aromatic amines is 1. The maximum atomic E-state index is 13.9. The van der Waals surface area contributed by atoms with Gasteiger partial charge in [0.1, 0.15) is 5.54 Å². The number of benzene rings is 2. The van der Waals surface area contributed by atoms with E-state index in [0.717, 1.165) is 42.3 Å². The quantitative estimate of drug-likeness (QED) is 0.324. The molecule has 1 fully saturated rings. The normalized spacial score (nSPS) is 14.7. The van der Waals surface area contributed by atoms with Crippen molar-refractivity contribution in [1.82, 2.24) is 24.8 Å². The molecule has 0 spiro atoms. The highest BCUT2D eigenvalue weighted by molar-refractivity contribution is 5.99. The second kappa shape index (κ2) is 10.8. The first kappa shape index (κ1) is 23.9. The second-order valence-electron chi connectivity index (χ2n) is 9.58. The van der Waals surface area contributed by atoms with Crippen LogP contribution in [0.3, 0.4) is 0 Å². The molecule has 186 valence electrons. The Morgan fingerprint density at radius 3 is 2.61 bits per heavy atom. The fourth-order valence-corrected chi connectivity index (χ4v) is 5.44. The first-order valence-electron chi connectivity index (χ1n) is 12.8. The standard InChI is InChI=1S/C29H33N5O2/c35-27(23-9-2-1-3-10-23)34(19-13-24-21-32-26-12-5-4-11-25(24)26)29(14-6-7-15-29)28(36)31-16-8-18-33-20-17-30-22-33/h1-5,9-12,17,20-22,32H,6-8,13-16,18-19H2,(H,31,36). The van der Waals surface area contributed by atoms with E-state index in [9.17, 15) is 9.59 Å². The zero-order valence-electron chi connectivity index (χ0n) is 20.5. The van der Waals surface area contributed by atoms with Crippen LogP contribution in [0.2, 0.25) is 0 Å². The highest BCUT2D eigenvalue weighted by Crippen LogP contribution is 2.37. The number of nitrogens with one attached hydrogen (secondary N) is 2. The molecule has 36 heavy (non-hydrogen) atoms. The van der Waals surface area contributed by atoms with Gasteiger partial charge in [0.05, 0.1) is 6.33 Å². The maximum Gasteiger partial charge on any atom is 0.254 e. The van der Waals surface area contributed by atoms with Crippen molar-refractivity contribution in [1.29, 1.82) is 0 Å². The Bertz CT molecular complexity index is 1290. The zero-order chi connectivity index (χ0) is 24.8. The van der Waals surface area contributed by atoms with Gasteiger partial charge in [-0.1, -0.05) is 49.2 Å². The van der Waals surface area contributed by atoms with Gasteiger partial charge in [-0.3, -0.25) is 9.59 Å². The summed E-state index contributed by atoms with van der Waals surface area (Å²) in [5.41, 5.74) is 2.04. The average molecular weight is 484 g/mol. The van der Waals surface area contributed by atoms with Crippen molar-refractivity contribution in [3.63, 3.8) is 0 Å². The molecule has 0 saturated heterocycles. The van der Waals surface area contributed by atoms with E-state index in [4.69, 9.17) is 0 Å². The van der Waals surface area contributed by atoms with E-state index in [1.165, 1.54) is 0 Å². The summed E-state index contributed by atoms with van der Waals surface area (Å²) in [5.74, 6) is -0.111. The highest BCUT2D eigenvalue weighted by atomic mass is 16.2. The number of fused-ring (bicyclic) bond motifs is 1. The third-order valence-corrected chi connectivity index (χ3v) is 7.35. The maximum absolute atomic E-state index is 13.9. The Morgan fingerprint density at radius 2 is 1.83 bits per heavy atom. The summed E-state index contributed by atoms with van der Waals surface area (Å²) >= 11 is 0. The molecule has 0 bridgehead atoms. The number of amides is 2. The molecule has 1 aliphatic carbocycles. The van der Waals surface area contributed by atoms with Gasteiger partial charge in [-0.2, -0.15) is 0 Å². The largest absolute Gasteiger partial charge is 0.361 e. The fourth-order valence-electron chi connectivity index (χ4n) is 5.44. The lowest BCUT2D eigenvalue weighted by Gasteiger charge is -2.40. The molecule has 1 aliphatic rings. The van der Waals surface area contributed by atoms with Crippen molar-refractivity contribution in [2.24, 2.45) is 0 Å². The minimum atomic E-state index is -0.825. The van der Waals surface area contributed by atoms with Gasteiger partial charge >= 0.3 is 0 Å². The summed E-state index contributed by atoms with van der Waals surface area (Å²) < 4.78 is 2.00. The number of para-hydroxylation sites is 1. The molecule has 0 aliphatic heterocycles. The smallest absolute Gasteiger partial charge is 0.254 e. The number of carbonyl (C=O) groups excluding carboxylic acids is 2. The lowest BCUT2D eigenvalue weighted by Crippen LogP contribution is -2.60. The summed E-state index contributed by atoms with van der Waals surface area (Å²) in [6, 6.07) is 17.5. The Hall–Kier alpha value is -3.87. The van der Waals surface area contributed by atoms with Gasteiger partial charge in [0.15, 0.2) is 0 Å². The van der Waals surface area contributed by atoms with Crippen LogP contribution in [0.4, 0.5) is 0 Å². The third kappa shape index (κ3) is 4.91. The molecule has 1 saturated carbocycles. The van der Waals surface area contributed by atoms with Crippen molar-refractivity contribution < 1.29 is 9.59 Å². The summed E-state index contributed by atoms with van der Waals surface area (Å²) in [4.78, 5) is 36.9. The van der Waals surface area contributed by atoms with Crippen LogP contribution >= 0.6 is 0 Å². The molecule has 5 rings (SSSR count). The minimum Gasteiger partial charge on any atom is -0.361 e. The van der Waals surface area contributed by atoms with Crippen LogP contribution < -0.4 is 5.32 Å². The molecule has 4 aromatic rings. The van der Waals surface area contributed by atoms with Crippen LogP contribution in [-0.4, -0.2) is 49.9 Å². The Morgan fingerprint density at radius 1 is 1.06 bits per heavy atom. The van der Waals surface area contributed by atoms with Crippen LogP contribution in [0.25, 0.3) is 10.9 Å². The molecule has 2 N–H and O–H groups in total. The highest BCUT2D eigenvalue weighted by Gasteiger charge is 2.48. The molecular weight excluding hydrogens is 450 g/mol. The van der Waals surface area contributed by atoms with Gasteiger partial charge in [0.2, 0.25) is 5.91 Å². The van der Waals surface area contributed by atoms with Crippen molar-refractivity contribution in [2.75, 3.05) is 13.1 Å². The van der Waals surface area contributed by atoms with Crippen molar-refractivity contribution in [3.8, 4) is 0 Å². The van der Waals surface area contributed by atoms with Gasteiger partial charge in [-0.05, 0) is 49.4 Å². The number of H-pyrrole nitrogens is 1. The summed E-state index contributed by atoms with van der Waals surface area (Å²) in [7, 11) is 0. The Balaban J connectivity index is 1.37. The van der Waals surface area contributed by atoms with E-state index >= 15 is 0 Å². The molecule has 2 amide bonds. The van der Waals surface area contributed by atoms with Gasteiger partial charge in [0, 0.05) is 54.7 Å². The predicted molar refractivity (Wildman–Crippen MR) is 141 cm³/mol. The number of aryl methyl sites for hydroxylation is 1. The molecule has 2 aromatic carbocycles. The lowest BCUT2D eigenvalue weighted by molar-refractivity contribution is -0.132. The van der Waals surface area contributed by atoms with Gasteiger partial charge in [0.25, 0.3) is 5.91 Å². The average Bonchev–Trinajstić information content (AvgIpc) is 3.69. The van der Waals surface area contributed by atoms with E-state index < -0.39 is 5.54 Å². The number of aromatic nitrogens is 3. The van der Waals surface area contributed by atoms with Gasteiger partial charge in [-0.15, -0.1) is 0 Å². The van der Waals surface area contributed by atoms with E-state index in [-0.39, 0.29) is 11.8 Å². The monoisotopic (exact) mass is 483 g/mol. The van der Waals surface area contributed by atoms with Crippen LogP contribution in [0.15, 0.2) is 79.5 Å². The number of imidazole rings is 1. The third-order valence-electron chi connectivity index (χ3n) is 7.35. The fraction of sp³-hybridized carbons (Fsp3) is 0.345. The lowest BCUT2D eigenvalue weighted by atomic mass is 9.91. The Kier molecular flexibility index (Phi) is 7.16. The SMILES string of the molecule is O=C(c1ccccc1)N(CCc1c[nH]c2ccccc12)C1(C(=O)NCCCn2ccnc2)CCCC1. The van der Waals surface area contributed by atoms with Gasteiger partial charge < -0.3 is 19.8 Å². The van der Waals surface area contributed by atoms with Crippen LogP contribution in [0.1, 0.15) is 48.0 Å². The first-order chi connectivity index (χ1) is 17.7. The Labute approximate surface area is 211 Å². The topological polar surface area (TPSA) is 83.0 Å². The van der Waals surface area contributed by atoms with E-state index in [2.05, 4.69) is 27.4 Å². The molecule has 0 unspecified atom stereocenters. The van der Waals surface area contributed by atoms with E-state index in [0.29, 0.717) is 37.9 Å². The number of rotatable bonds is 10. The minimum absolute atomic E-state index is 0.0335. The molecule has 0 radical (unpaired) electrons. The summed E-state index contributed by atoms with van der Waals surface area (Å²) in [6.45, 7) is 1.84. The molecule has 7 nitrogen and oxygen atoms in total. The predicted octanol–water partition coefficient (Wildman–Crippen LogP) is 4.57. The molecule has 2 heterocycles. The second-order valence-corrected chi connectivity index (χ2v) is 9.58. The summed E-state index contributed by atoms with van der Waals surface area (Å²) in [5, 5.41) is 4.33. The van der Waals surface area contributed by atoms with Crippen LogP contribution in [0, 0.1) is 0 Å².